The highest BCUT2D eigenvalue weighted by Gasteiger charge is 2.17. The minimum atomic E-state index is -0.600. The summed E-state index contributed by atoms with van der Waals surface area (Å²) >= 11 is 0. The van der Waals surface area contributed by atoms with Gasteiger partial charge in [-0.3, -0.25) is 0 Å². The number of carbonyl (C=O) groups excluding carboxylic acids is 1. The van der Waals surface area contributed by atoms with E-state index in [1.165, 1.54) is 12.3 Å². The summed E-state index contributed by atoms with van der Waals surface area (Å²) in [6, 6.07) is 10.4. The number of nitro groups is 1. The molecule has 7 heteroatoms. The largest absolute Gasteiger partial charge is 0.458 e. The summed E-state index contributed by atoms with van der Waals surface area (Å²) in [4.78, 5) is 21.6. The number of carbonyl (C=O) groups is 1. The monoisotopic (exact) mass is 261 g/mol. The summed E-state index contributed by atoms with van der Waals surface area (Å²) in [5.74, 6) is -0.813. The third-order valence-electron chi connectivity index (χ3n) is 2.40. The molecule has 0 fully saturated rings. The maximum atomic E-state index is 11.6. The van der Waals surface area contributed by atoms with E-state index in [4.69, 9.17) is 4.74 Å². The molecule has 0 saturated carbocycles. The fourth-order valence-electron chi connectivity index (χ4n) is 1.51. The molecule has 1 heterocycles. The zero-order valence-corrected chi connectivity index (χ0v) is 9.93. The summed E-state index contributed by atoms with van der Waals surface area (Å²) in [5.41, 5.74) is 0.853. The highest BCUT2D eigenvalue weighted by Crippen LogP contribution is 2.09. The third-order valence-corrected chi connectivity index (χ3v) is 2.40. The number of ether oxygens (including phenoxy) is 1. The molecule has 0 N–H and O–H groups in total. The van der Waals surface area contributed by atoms with Gasteiger partial charge in [-0.1, -0.05) is 35.4 Å². The first kappa shape index (κ1) is 12.7. The van der Waals surface area contributed by atoms with E-state index in [0.29, 0.717) is 0 Å². The fourth-order valence-corrected chi connectivity index (χ4v) is 1.51. The van der Waals surface area contributed by atoms with Crippen molar-refractivity contribution in [3.63, 3.8) is 0 Å². The Balaban J connectivity index is 1.91. The van der Waals surface area contributed by atoms with Gasteiger partial charge >= 0.3 is 11.8 Å². The lowest BCUT2D eigenvalue weighted by Crippen LogP contribution is -2.16. The molecular formula is C12H11N3O4. The van der Waals surface area contributed by atoms with Gasteiger partial charge in [-0.2, -0.15) is 0 Å². The number of esters is 1. The molecule has 2 aromatic rings. The minimum absolute atomic E-state index is 0.134. The Morgan fingerprint density at radius 1 is 1.32 bits per heavy atom. The van der Waals surface area contributed by atoms with Crippen molar-refractivity contribution in [3.8, 4) is 0 Å². The van der Waals surface area contributed by atoms with E-state index in [0.717, 1.165) is 10.2 Å². The number of benzene rings is 1. The Morgan fingerprint density at radius 2 is 2.05 bits per heavy atom. The van der Waals surface area contributed by atoms with E-state index in [1.54, 1.807) is 0 Å². The topological polar surface area (TPSA) is 87.3 Å². The van der Waals surface area contributed by atoms with Crippen molar-refractivity contribution in [1.29, 1.82) is 0 Å². The van der Waals surface area contributed by atoms with Crippen LogP contribution in [0.1, 0.15) is 5.56 Å². The number of hydrogen-bond donors (Lipinski definition) is 0. The van der Waals surface area contributed by atoms with Crippen LogP contribution in [0, 0.1) is 10.1 Å². The fraction of sp³-hybridized carbons (Fsp3) is 0.167. The molecule has 0 amide bonds. The lowest BCUT2D eigenvalue weighted by atomic mass is 10.2. The molecule has 0 saturated heterocycles. The van der Waals surface area contributed by atoms with Gasteiger partial charge < -0.3 is 14.9 Å². The van der Waals surface area contributed by atoms with Crippen LogP contribution < -0.4 is 0 Å². The standard InChI is InChI=1S/C12H11N3O4/c16-12(19-9-10-4-2-1-3-5-10)8-14-11(15(17)18)6-7-13-14/h1-7H,8-9H2. The Hall–Kier alpha value is -2.70. The molecule has 1 aromatic carbocycles. The van der Waals surface area contributed by atoms with E-state index in [2.05, 4.69) is 5.10 Å². The first-order valence-corrected chi connectivity index (χ1v) is 5.52. The van der Waals surface area contributed by atoms with Crippen molar-refractivity contribution >= 4 is 11.8 Å². The van der Waals surface area contributed by atoms with Gasteiger partial charge in [0, 0.05) is 0 Å². The number of hydrogen-bond acceptors (Lipinski definition) is 5. The second-order valence-electron chi connectivity index (χ2n) is 3.75. The molecule has 0 bridgehead atoms. The van der Waals surface area contributed by atoms with Gasteiger partial charge in [0.25, 0.3) is 0 Å². The predicted octanol–water partition coefficient (Wildman–Crippen LogP) is 1.53. The molecule has 2 rings (SSSR count). The molecule has 7 nitrogen and oxygen atoms in total. The van der Waals surface area contributed by atoms with E-state index >= 15 is 0 Å². The quantitative estimate of drug-likeness (QED) is 0.462. The zero-order valence-electron chi connectivity index (χ0n) is 9.93. The maximum absolute atomic E-state index is 11.6. The van der Waals surface area contributed by atoms with Gasteiger partial charge in [0.15, 0.2) is 0 Å². The van der Waals surface area contributed by atoms with Gasteiger partial charge in [0.1, 0.15) is 6.61 Å². The number of aromatic nitrogens is 2. The molecule has 98 valence electrons. The molecule has 19 heavy (non-hydrogen) atoms. The van der Waals surface area contributed by atoms with Crippen LogP contribution in [0.4, 0.5) is 5.82 Å². The van der Waals surface area contributed by atoms with Gasteiger partial charge in [0.05, 0.1) is 12.3 Å². The van der Waals surface area contributed by atoms with Gasteiger partial charge in [-0.05, 0) is 10.5 Å². The minimum Gasteiger partial charge on any atom is -0.458 e. The van der Waals surface area contributed by atoms with Crippen molar-refractivity contribution in [3.05, 3.63) is 58.3 Å². The first-order chi connectivity index (χ1) is 9.16. The summed E-state index contributed by atoms with van der Waals surface area (Å²) in [6.07, 6.45) is 1.27. The van der Waals surface area contributed by atoms with Gasteiger partial charge in [-0.25, -0.2) is 4.79 Å². The van der Waals surface area contributed by atoms with Crippen LogP contribution in [0.3, 0.4) is 0 Å². The smallest absolute Gasteiger partial charge is 0.351 e. The summed E-state index contributed by atoms with van der Waals surface area (Å²) < 4.78 is 6.01. The Kier molecular flexibility index (Phi) is 3.87. The van der Waals surface area contributed by atoms with Crippen molar-refractivity contribution in [1.82, 2.24) is 9.78 Å². The third kappa shape index (κ3) is 3.38. The highest BCUT2D eigenvalue weighted by atomic mass is 16.6. The van der Waals surface area contributed by atoms with Crippen LogP contribution >= 0.6 is 0 Å². The van der Waals surface area contributed by atoms with Crippen LogP contribution in [0.25, 0.3) is 0 Å². The van der Waals surface area contributed by atoms with E-state index in [9.17, 15) is 14.9 Å². The molecular weight excluding hydrogens is 250 g/mol. The predicted molar refractivity (Wildman–Crippen MR) is 65.1 cm³/mol. The molecule has 0 radical (unpaired) electrons. The van der Waals surface area contributed by atoms with Crippen molar-refractivity contribution in [2.75, 3.05) is 0 Å². The van der Waals surface area contributed by atoms with Crippen molar-refractivity contribution < 1.29 is 14.5 Å². The molecule has 0 spiro atoms. The van der Waals surface area contributed by atoms with Gasteiger partial charge in [0.2, 0.25) is 6.54 Å². The molecule has 1 aromatic heterocycles. The Labute approximate surface area is 108 Å². The summed E-state index contributed by atoms with van der Waals surface area (Å²) in [7, 11) is 0. The summed E-state index contributed by atoms with van der Waals surface area (Å²) in [6.45, 7) is -0.148. The van der Waals surface area contributed by atoms with Crippen LogP contribution in [-0.4, -0.2) is 20.7 Å². The van der Waals surface area contributed by atoms with E-state index < -0.39 is 10.9 Å². The van der Waals surface area contributed by atoms with E-state index in [1.807, 2.05) is 30.3 Å². The molecule has 0 unspecified atom stereocenters. The van der Waals surface area contributed by atoms with Crippen LogP contribution in [0.15, 0.2) is 42.6 Å². The lowest BCUT2D eigenvalue weighted by Gasteiger charge is -2.03. The maximum Gasteiger partial charge on any atom is 0.351 e. The van der Waals surface area contributed by atoms with E-state index in [-0.39, 0.29) is 19.0 Å². The molecule has 0 aliphatic heterocycles. The Morgan fingerprint density at radius 3 is 2.74 bits per heavy atom. The highest BCUT2D eigenvalue weighted by molar-refractivity contribution is 5.69. The van der Waals surface area contributed by atoms with Gasteiger partial charge in [-0.15, -0.1) is 4.68 Å². The average molecular weight is 261 g/mol. The lowest BCUT2D eigenvalue weighted by molar-refractivity contribution is -0.392. The molecule has 0 atom stereocenters. The van der Waals surface area contributed by atoms with Crippen LogP contribution in [0.5, 0.6) is 0 Å². The van der Waals surface area contributed by atoms with Crippen molar-refractivity contribution in [2.24, 2.45) is 0 Å². The number of nitrogens with zero attached hydrogens (tertiary/aromatic N) is 3. The van der Waals surface area contributed by atoms with Crippen LogP contribution in [-0.2, 0) is 22.7 Å². The molecule has 0 aliphatic carbocycles. The SMILES string of the molecule is O=C(Cn1nccc1[N+](=O)[O-])OCc1ccccc1. The first-order valence-electron chi connectivity index (χ1n) is 5.52. The summed E-state index contributed by atoms with van der Waals surface area (Å²) in [5, 5.41) is 14.3. The second kappa shape index (κ2) is 5.76. The Bertz CT molecular complexity index is 580. The zero-order chi connectivity index (χ0) is 13.7. The van der Waals surface area contributed by atoms with Crippen molar-refractivity contribution in [2.45, 2.75) is 13.2 Å². The number of rotatable bonds is 5. The second-order valence-corrected chi connectivity index (χ2v) is 3.75. The van der Waals surface area contributed by atoms with Crippen LogP contribution in [0.2, 0.25) is 0 Å². The molecule has 0 aliphatic rings. The normalized spacial score (nSPS) is 10.1. The average Bonchev–Trinajstić information content (AvgIpc) is 2.86.